The summed E-state index contributed by atoms with van der Waals surface area (Å²) in [4.78, 5) is 14.6. The van der Waals surface area contributed by atoms with Gasteiger partial charge >= 0.3 is 0 Å². The van der Waals surface area contributed by atoms with E-state index in [4.69, 9.17) is 9.47 Å². The molecule has 0 aliphatic carbocycles. The third kappa shape index (κ3) is 4.30. The molecule has 25 heavy (non-hydrogen) atoms. The SMILES string of the molecule is COC1CN(C(C)C)CC1NC(=O)COc1ccc2ccccc2c1. The Kier molecular flexibility index (Phi) is 5.56. The number of nitrogens with one attached hydrogen (secondary N) is 1. The fourth-order valence-corrected chi connectivity index (χ4v) is 3.26. The number of nitrogens with zero attached hydrogens (tertiary/aromatic N) is 1. The van der Waals surface area contributed by atoms with Crippen LogP contribution in [-0.4, -0.2) is 55.8 Å². The van der Waals surface area contributed by atoms with Gasteiger partial charge in [-0.15, -0.1) is 0 Å². The first-order valence-corrected chi connectivity index (χ1v) is 8.74. The van der Waals surface area contributed by atoms with E-state index in [1.807, 2.05) is 36.4 Å². The van der Waals surface area contributed by atoms with Crippen LogP contribution in [0.2, 0.25) is 0 Å². The van der Waals surface area contributed by atoms with Gasteiger partial charge in [0, 0.05) is 26.2 Å². The molecule has 0 bridgehead atoms. The van der Waals surface area contributed by atoms with Gasteiger partial charge in [0.2, 0.25) is 0 Å². The molecule has 1 saturated heterocycles. The Bertz CT molecular complexity index is 732. The quantitative estimate of drug-likeness (QED) is 0.876. The van der Waals surface area contributed by atoms with Crippen molar-refractivity contribution < 1.29 is 14.3 Å². The molecule has 1 heterocycles. The van der Waals surface area contributed by atoms with Gasteiger partial charge in [-0.1, -0.05) is 30.3 Å². The molecule has 0 saturated carbocycles. The predicted octanol–water partition coefficient (Wildman–Crippen LogP) is 2.44. The van der Waals surface area contributed by atoms with Crippen LogP contribution in [0.15, 0.2) is 42.5 Å². The minimum atomic E-state index is -0.120. The summed E-state index contributed by atoms with van der Waals surface area (Å²) in [7, 11) is 1.69. The largest absolute Gasteiger partial charge is 0.484 e. The van der Waals surface area contributed by atoms with Crippen LogP contribution >= 0.6 is 0 Å². The lowest BCUT2D eigenvalue weighted by Crippen LogP contribution is -2.45. The van der Waals surface area contributed by atoms with Gasteiger partial charge in [-0.25, -0.2) is 0 Å². The van der Waals surface area contributed by atoms with Crippen molar-refractivity contribution in [2.75, 3.05) is 26.8 Å². The number of ether oxygens (including phenoxy) is 2. The molecule has 1 aliphatic heterocycles. The number of carbonyl (C=O) groups excluding carboxylic acids is 1. The second-order valence-electron chi connectivity index (χ2n) is 6.79. The first-order chi connectivity index (χ1) is 12.1. The number of rotatable bonds is 6. The molecule has 2 aromatic rings. The normalized spacial score (nSPS) is 21.0. The average molecular weight is 342 g/mol. The van der Waals surface area contributed by atoms with Crippen molar-refractivity contribution >= 4 is 16.7 Å². The Morgan fingerprint density at radius 2 is 1.96 bits per heavy atom. The molecule has 3 rings (SSSR count). The topological polar surface area (TPSA) is 50.8 Å². The molecule has 2 unspecified atom stereocenters. The lowest BCUT2D eigenvalue weighted by atomic mass is 10.1. The zero-order chi connectivity index (χ0) is 17.8. The number of hydrogen-bond donors (Lipinski definition) is 1. The highest BCUT2D eigenvalue weighted by molar-refractivity contribution is 5.84. The van der Waals surface area contributed by atoms with Crippen LogP contribution in [-0.2, 0) is 9.53 Å². The standard InChI is InChI=1S/C20H26N2O3/c1-14(2)22-11-18(19(12-22)24-3)21-20(23)13-25-17-9-8-15-6-4-5-7-16(15)10-17/h4-10,14,18-19H,11-13H2,1-3H3,(H,21,23). The van der Waals surface area contributed by atoms with Crippen molar-refractivity contribution in [3.05, 3.63) is 42.5 Å². The third-order valence-electron chi connectivity index (χ3n) is 4.76. The monoisotopic (exact) mass is 342 g/mol. The summed E-state index contributed by atoms with van der Waals surface area (Å²) in [5, 5.41) is 5.30. The number of likely N-dealkylation sites (tertiary alicyclic amines) is 1. The van der Waals surface area contributed by atoms with Crippen molar-refractivity contribution in [1.29, 1.82) is 0 Å². The van der Waals surface area contributed by atoms with Gasteiger partial charge in [-0.2, -0.15) is 0 Å². The van der Waals surface area contributed by atoms with E-state index in [0.717, 1.165) is 23.9 Å². The highest BCUT2D eigenvalue weighted by Gasteiger charge is 2.34. The Hall–Kier alpha value is -2.11. The molecular weight excluding hydrogens is 316 g/mol. The molecule has 5 nitrogen and oxygen atoms in total. The number of benzene rings is 2. The van der Waals surface area contributed by atoms with Crippen LogP contribution in [0.3, 0.4) is 0 Å². The van der Waals surface area contributed by atoms with E-state index in [-0.39, 0.29) is 24.7 Å². The molecule has 1 N–H and O–H groups in total. The first kappa shape index (κ1) is 17.7. The Morgan fingerprint density at radius 3 is 2.68 bits per heavy atom. The summed E-state index contributed by atoms with van der Waals surface area (Å²) >= 11 is 0. The zero-order valence-electron chi connectivity index (χ0n) is 15.1. The predicted molar refractivity (Wildman–Crippen MR) is 98.9 cm³/mol. The average Bonchev–Trinajstić information content (AvgIpc) is 3.03. The molecule has 0 radical (unpaired) electrons. The number of fused-ring (bicyclic) bond motifs is 1. The number of hydrogen-bond acceptors (Lipinski definition) is 4. The van der Waals surface area contributed by atoms with E-state index in [2.05, 4.69) is 30.1 Å². The van der Waals surface area contributed by atoms with E-state index in [1.165, 1.54) is 0 Å². The summed E-state index contributed by atoms with van der Waals surface area (Å²) in [5.41, 5.74) is 0. The highest BCUT2D eigenvalue weighted by Crippen LogP contribution is 2.20. The summed E-state index contributed by atoms with van der Waals surface area (Å²) in [6, 6.07) is 14.4. The van der Waals surface area contributed by atoms with Crippen LogP contribution in [0.5, 0.6) is 5.75 Å². The fourth-order valence-electron chi connectivity index (χ4n) is 3.26. The van der Waals surface area contributed by atoms with E-state index < -0.39 is 0 Å². The molecule has 5 heteroatoms. The highest BCUT2D eigenvalue weighted by atomic mass is 16.5. The molecule has 2 aromatic carbocycles. The molecule has 1 aliphatic rings. The van der Waals surface area contributed by atoms with Crippen molar-refractivity contribution in [2.24, 2.45) is 0 Å². The fraction of sp³-hybridized carbons (Fsp3) is 0.450. The second kappa shape index (κ2) is 7.85. The molecule has 1 fully saturated rings. The maximum absolute atomic E-state index is 12.3. The Morgan fingerprint density at radius 1 is 1.20 bits per heavy atom. The van der Waals surface area contributed by atoms with Gasteiger partial charge in [-0.3, -0.25) is 9.69 Å². The smallest absolute Gasteiger partial charge is 0.258 e. The maximum atomic E-state index is 12.3. The number of methoxy groups -OCH3 is 1. The zero-order valence-corrected chi connectivity index (χ0v) is 15.1. The third-order valence-corrected chi connectivity index (χ3v) is 4.76. The van der Waals surface area contributed by atoms with Crippen molar-refractivity contribution in [2.45, 2.75) is 32.0 Å². The van der Waals surface area contributed by atoms with E-state index in [1.54, 1.807) is 7.11 Å². The van der Waals surface area contributed by atoms with Gasteiger partial charge in [0.25, 0.3) is 5.91 Å². The van der Waals surface area contributed by atoms with Gasteiger partial charge in [0.15, 0.2) is 6.61 Å². The summed E-state index contributed by atoms with van der Waals surface area (Å²) in [6.45, 7) is 5.95. The van der Waals surface area contributed by atoms with Crippen LogP contribution < -0.4 is 10.1 Å². The lowest BCUT2D eigenvalue weighted by molar-refractivity contribution is -0.124. The maximum Gasteiger partial charge on any atom is 0.258 e. The van der Waals surface area contributed by atoms with E-state index in [9.17, 15) is 4.79 Å². The van der Waals surface area contributed by atoms with Crippen LogP contribution in [0.1, 0.15) is 13.8 Å². The van der Waals surface area contributed by atoms with E-state index in [0.29, 0.717) is 11.8 Å². The molecule has 2 atom stereocenters. The lowest BCUT2D eigenvalue weighted by Gasteiger charge is -2.20. The Labute approximate surface area is 148 Å². The Balaban J connectivity index is 1.55. The summed E-state index contributed by atoms with van der Waals surface area (Å²) in [5.74, 6) is 0.582. The van der Waals surface area contributed by atoms with Gasteiger partial charge < -0.3 is 14.8 Å². The summed E-state index contributed by atoms with van der Waals surface area (Å²) in [6.07, 6.45) is 0.0204. The molecule has 0 spiro atoms. The molecule has 0 aromatic heterocycles. The van der Waals surface area contributed by atoms with Gasteiger partial charge in [0.1, 0.15) is 5.75 Å². The number of carbonyl (C=O) groups is 1. The minimum Gasteiger partial charge on any atom is -0.484 e. The molecular formula is C20H26N2O3. The van der Waals surface area contributed by atoms with Gasteiger partial charge in [0.05, 0.1) is 12.1 Å². The van der Waals surface area contributed by atoms with Crippen molar-refractivity contribution in [1.82, 2.24) is 10.2 Å². The first-order valence-electron chi connectivity index (χ1n) is 8.74. The van der Waals surface area contributed by atoms with Gasteiger partial charge in [-0.05, 0) is 36.8 Å². The molecule has 1 amide bonds. The molecule has 134 valence electrons. The van der Waals surface area contributed by atoms with Crippen LogP contribution in [0.25, 0.3) is 10.8 Å². The second-order valence-corrected chi connectivity index (χ2v) is 6.79. The van der Waals surface area contributed by atoms with Crippen molar-refractivity contribution in [3.8, 4) is 5.75 Å². The number of amides is 1. The van der Waals surface area contributed by atoms with Crippen molar-refractivity contribution in [3.63, 3.8) is 0 Å². The van der Waals surface area contributed by atoms with Crippen LogP contribution in [0.4, 0.5) is 0 Å². The van der Waals surface area contributed by atoms with Crippen LogP contribution in [0, 0.1) is 0 Å². The summed E-state index contributed by atoms with van der Waals surface area (Å²) < 4.78 is 11.2. The van der Waals surface area contributed by atoms with E-state index >= 15 is 0 Å². The minimum absolute atomic E-state index is 0.0000958.